The van der Waals surface area contributed by atoms with Crippen LogP contribution in [-0.4, -0.2) is 71.3 Å². The Morgan fingerprint density at radius 1 is 0.696 bits per heavy atom. The molecule has 0 spiro atoms. The van der Waals surface area contributed by atoms with Crippen molar-refractivity contribution >= 4 is 45.9 Å². The van der Waals surface area contributed by atoms with E-state index in [0.717, 1.165) is 0 Å². The topological polar surface area (TPSA) is 239 Å². The van der Waals surface area contributed by atoms with Crippen molar-refractivity contribution in [3.05, 3.63) is 79.8 Å². The van der Waals surface area contributed by atoms with Gasteiger partial charge in [-0.3, -0.25) is 14.4 Å². The lowest BCUT2D eigenvalue weighted by Crippen LogP contribution is -2.31. The van der Waals surface area contributed by atoms with Crippen molar-refractivity contribution in [2.24, 2.45) is 5.92 Å². The van der Waals surface area contributed by atoms with E-state index in [-0.39, 0.29) is 56.9 Å². The van der Waals surface area contributed by atoms with Gasteiger partial charge in [0.25, 0.3) is 0 Å². The van der Waals surface area contributed by atoms with Gasteiger partial charge in [-0.15, -0.1) is 0 Å². The lowest BCUT2D eigenvalue weighted by Gasteiger charge is -2.33. The summed E-state index contributed by atoms with van der Waals surface area (Å²) in [6.07, 6.45) is 1.89. The molecule has 8 N–H and O–H groups in total. The molecule has 1 aliphatic heterocycles. The van der Waals surface area contributed by atoms with E-state index in [4.69, 9.17) is 9.84 Å². The maximum Gasteiger partial charge on any atom is 0.343 e. The van der Waals surface area contributed by atoms with E-state index < -0.39 is 57.6 Å². The maximum atomic E-state index is 12.0. The molecular weight excluding hydrogens is 724 g/mol. The van der Waals surface area contributed by atoms with E-state index in [9.17, 15) is 54.9 Å². The Morgan fingerprint density at radius 3 is 1.46 bits per heavy atom. The third-order valence-electron chi connectivity index (χ3n) is 10.8. The number of aldehydes is 2. The number of aliphatic hydroxyl groups is 1. The van der Waals surface area contributed by atoms with Crippen LogP contribution >= 0.6 is 0 Å². The average molecular weight is 769 g/mol. The first-order valence-electron chi connectivity index (χ1n) is 17.8. The van der Waals surface area contributed by atoms with E-state index >= 15 is 0 Å². The summed E-state index contributed by atoms with van der Waals surface area (Å²) < 4.78 is 5.35. The van der Waals surface area contributed by atoms with Gasteiger partial charge in [0.2, 0.25) is 0 Å². The number of carbonyl (C=O) groups is 4. The summed E-state index contributed by atoms with van der Waals surface area (Å²) in [5, 5.41) is 85.3. The monoisotopic (exact) mass is 768 g/mol. The highest BCUT2D eigenvalue weighted by atomic mass is 16.5. The van der Waals surface area contributed by atoms with Crippen molar-refractivity contribution in [1.82, 2.24) is 0 Å². The van der Waals surface area contributed by atoms with E-state index in [1.807, 2.05) is 13.8 Å². The number of ketones is 1. The Labute approximate surface area is 321 Å². The molecule has 294 valence electrons. The zero-order valence-corrected chi connectivity index (χ0v) is 32.3. The molecule has 4 aromatic carbocycles. The molecule has 13 heteroatoms. The second-order valence-electron chi connectivity index (χ2n) is 14.8. The van der Waals surface area contributed by atoms with Gasteiger partial charge in [-0.2, -0.15) is 0 Å². The molecule has 0 unspecified atom stereocenters. The number of aryl methyl sites for hydroxylation is 2. The molecule has 0 aromatic heterocycles. The Morgan fingerprint density at radius 2 is 1.11 bits per heavy atom. The highest BCUT2D eigenvalue weighted by Crippen LogP contribution is 2.54. The molecule has 0 saturated carbocycles. The molecule has 1 heterocycles. The molecule has 2 aliphatic rings. The first-order valence-corrected chi connectivity index (χ1v) is 17.8. The fourth-order valence-corrected chi connectivity index (χ4v) is 7.92. The molecule has 0 amide bonds. The van der Waals surface area contributed by atoms with Crippen LogP contribution in [0.25, 0.3) is 32.7 Å². The first-order chi connectivity index (χ1) is 26.1. The predicted molar refractivity (Wildman–Crippen MR) is 208 cm³/mol. The van der Waals surface area contributed by atoms with Crippen molar-refractivity contribution < 1.29 is 64.8 Å². The van der Waals surface area contributed by atoms with E-state index in [1.54, 1.807) is 60.6 Å². The molecule has 4 aromatic rings. The number of ether oxygens (including phenoxy) is 1. The number of hydrogen-bond donors (Lipinski definition) is 8. The third-order valence-corrected chi connectivity index (χ3v) is 10.8. The van der Waals surface area contributed by atoms with Crippen LogP contribution in [0.5, 0.6) is 34.5 Å². The number of carbonyl (C=O) groups excluding carboxylic acids is 3. The quantitative estimate of drug-likeness (QED) is 0.0526. The van der Waals surface area contributed by atoms with Crippen LogP contribution in [0.3, 0.4) is 0 Å². The van der Waals surface area contributed by atoms with Crippen molar-refractivity contribution in [2.75, 3.05) is 0 Å². The van der Waals surface area contributed by atoms with Gasteiger partial charge in [0.15, 0.2) is 41.4 Å². The minimum absolute atomic E-state index is 0.00512. The predicted octanol–water partition coefficient (Wildman–Crippen LogP) is 8.10. The van der Waals surface area contributed by atoms with Gasteiger partial charge in [-0.25, -0.2) is 4.79 Å². The number of Topliss-reactive ketones (excluding diaryl/α,β-unsaturated/α-hetero) is 1. The van der Waals surface area contributed by atoms with Gasteiger partial charge in [0.05, 0.1) is 23.0 Å². The molecule has 0 radical (unpaired) electrons. The second-order valence-corrected chi connectivity index (χ2v) is 14.8. The van der Waals surface area contributed by atoms with Gasteiger partial charge < -0.3 is 45.6 Å². The Kier molecular flexibility index (Phi) is 10.6. The highest BCUT2D eigenvalue weighted by Gasteiger charge is 2.39. The van der Waals surface area contributed by atoms with E-state index in [2.05, 4.69) is 0 Å². The number of carboxylic acid groups (broad SMARTS) is 1. The van der Waals surface area contributed by atoms with E-state index in [1.165, 1.54) is 6.26 Å². The number of hydrogen-bond acceptors (Lipinski definition) is 12. The summed E-state index contributed by atoms with van der Waals surface area (Å²) >= 11 is 0. The molecule has 13 nitrogen and oxygen atoms in total. The number of phenols is 6. The normalized spacial score (nSPS) is 16.8. The van der Waals surface area contributed by atoms with Crippen LogP contribution in [0.1, 0.15) is 103 Å². The largest absolute Gasteiger partial charge is 0.507 e. The molecule has 6 rings (SSSR count). The first kappa shape index (κ1) is 40.7. The van der Waals surface area contributed by atoms with Crippen LogP contribution in [0.4, 0.5) is 0 Å². The molecule has 0 bridgehead atoms. The van der Waals surface area contributed by atoms with Crippen molar-refractivity contribution in [2.45, 2.75) is 80.3 Å². The van der Waals surface area contributed by atoms with Gasteiger partial charge in [0, 0.05) is 44.5 Å². The van der Waals surface area contributed by atoms with Crippen LogP contribution in [0, 0.1) is 19.8 Å². The molecular formula is C43H44O13. The van der Waals surface area contributed by atoms with Gasteiger partial charge >= 0.3 is 5.97 Å². The Bertz CT molecular complexity index is 2390. The third kappa shape index (κ3) is 6.03. The second kappa shape index (κ2) is 14.6. The van der Waals surface area contributed by atoms with Gasteiger partial charge in [-0.1, -0.05) is 46.8 Å². The van der Waals surface area contributed by atoms with Gasteiger partial charge in [0.1, 0.15) is 28.9 Å². The number of carboxylic acids is 1. The smallest absolute Gasteiger partial charge is 0.343 e. The summed E-state index contributed by atoms with van der Waals surface area (Å²) in [4.78, 5) is 47.0. The highest BCUT2D eigenvalue weighted by molar-refractivity contribution is 6.25. The number of allylic oxidation sites excluding steroid dienone is 2. The summed E-state index contributed by atoms with van der Waals surface area (Å²) in [5.41, 5.74) is 2.07. The van der Waals surface area contributed by atoms with Gasteiger partial charge in [-0.05, 0) is 67.0 Å². The Balaban J connectivity index is 0.000000278. The zero-order valence-electron chi connectivity index (χ0n) is 32.3. The number of phenolic OH excluding ortho intramolecular Hbond substituents is 6. The molecule has 2 atom stereocenters. The van der Waals surface area contributed by atoms with Crippen molar-refractivity contribution in [1.29, 1.82) is 0 Å². The number of rotatable bonds is 6. The zero-order chi connectivity index (χ0) is 42.0. The molecule has 0 fully saturated rings. The number of benzene rings is 4. The summed E-state index contributed by atoms with van der Waals surface area (Å²) in [6.45, 7) is 15.9. The summed E-state index contributed by atoms with van der Waals surface area (Å²) in [6, 6.07) is 3.31. The number of aromatic hydroxyl groups is 6. The van der Waals surface area contributed by atoms with Crippen LogP contribution in [0.2, 0.25) is 0 Å². The SMILES string of the molecule is CC1=C2C(=CO[C@H](C)[C@H]2C)C(O)=C(C(=O)O)C1=O.Cc1cc2c(C(C)C)c(O)c(O)c(C=O)c2c(O)c1-c1c(C)cc2c(C(C)C)c(O)c(O)c(C=O)c2c1O. The van der Waals surface area contributed by atoms with Crippen LogP contribution < -0.4 is 0 Å². The number of aliphatic hydroxyl groups excluding tert-OH is 1. The fraction of sp³-hybridized carbons (Fsp3) is 0.302. The summed E-state index contributed by atoms with van der Waals surface area (Å²) in [5.74, 6) is -6.22. The Hall–Kier alpha value is -6.50. The lowest BCUT2D eigenvalue weighted by atomic mass is 9.78. The summed E-state index contributed by atoms with van der Waals surface area (Å²) in [7, 11) is 0. The maximum absolute atomic E-state index is 12.0. The fourth-order valence-electron chi connectivity index (χ4n) is 7.92. The standard InChI is InChI=1S/C30H30O8.C13H14O5/c1-11(2)19-15-7-13(5)21(27(35)23(15)17(9-31)25(33)29(19)37)22-14(6)8-16-20(12(3)4)30(38)26(34)18(10-32)24(16)28(22)36;1-5-7(3)18-4-8-9(5)6(2)11(14)10(12(8)15)13(16)17/h7-12,33-38H,1-6H3;4-5,7,15H,1-3H3,(H,16,17)/t;5-,7-/m.1/s1. The van der Waals surface area contributed by atoms with Crippen LogP contribution in [0.15, 0.2) is 46.4 Å². The minimum Gasteiger partial charge on any atom is -0.507 e. The number of fused-ring (bicyclic) bond motifs is 3. The van der Waals surface area contributed by atoms with Crippen molar-refractivity contribution in [3.63, 3.8) is 0 Å². The molecule has 1 aliphatic carbocycles. The molecule has 56 heavy (non-hydrogen) atoms. The molecule has 0 saturated heterocycles. The van der Waals surface area contributed by atoms with E-state index in [0.29, 0.717) is 62.3 Å². The number of aliphatic carboxylic acids is 1. The average Bonchev–Trinajstić information content (AvgIpc) is 3.11. The van der Waals surface area contributed by atoms with Crippen molar-refractivity contribution in [3.8, 4) is 45.6 Å². The van der Waals surface area contributed by atoms with Crippen LogP contribution in [-0.2, 0) is 14.3 Å². The minimum atomic E-state index is -1.43. The lowest BCUT2D eigenvalue weighted by molar-refractivity contribution is -0.134.